The predicted molar refractivity (Wildman–Crippen MR) is 118 cm³/mol. The molecular formula is C22H18ClF3N2O4S. The second-order valence-electron chi connectivity index (χ2n) is 7.30. The van der Waals surface area contributed by atoms with Crippen molar-refractivity contribution >= 4 is 27.3 Å². The van der Waals surface area contributed by atoms with Crippen LogP contribution < -0.4 is 10.9 Å². The maximum atomic E-state index is 13.1. The van der Waals surface area contributed by atoms with Gasteiger partial charge in [-0.05, 0) is 55.0 Å². The van der Waals surface area contributed by atoms with E-state index in [0.29, 0.717) is 11.3 Å². The lowest BCUT2D eigenvalue weighted by molar-refractivity contribution is -0.137. The third-order valence-electron chi connectivity index (χ3n) is 4.80. The maximum absolute atomic E-state index is 13.1. The molecule has 11 heteroatoms. The molecule has 0 bridgehead atoms. The SMILES string of the molecule is Cc1ccc(C(=O)NCc2ccc(S(C)(=O)=O)c(Cl)c2)c(=O)n1-c1cccc(C(F)(F)F)c1. The molecule has 0 unspecified atom stereocenters. The highest BCUT2D eigenvalue weighted by Gasteiger charge is 2.30. The lowest BCUT2D eigenvalue weighted by atomic mass is 10.1. The molecule has 3 rings (SSSR count). The maximum Gasteiger partial charge on any atom is 0.416 e. The van der Waals surface area contributed by atoms with Gasteiger partial charge in [-0.2, -0.15) is 13.2 Å². The third kappa shape index (κ3) is 5.45. The lowest BCUT2D eigenvalue weighted by Crippen LogP contribution is -2.33. The molecule has 3 aromatic rings. The summed E-state index contributed by atoms with van der Waals surface area (Å²) < 4.78 is 63.6. The summed E-state index contributed by atoms with van der Waals surface area (Å²) in [4.78, 5) is 25.5. The second-order valence-corrected chi connectivity index (χ2v) is 9.69. The highest BCUT2D eigenvalue weighted by atomic mass is 35.5. The number of hydrogen-bond acceptors (Lipinski definition) is 4. The highest BCUT2D eigenvalue weighted by Crippen LogP contribution is 2.30. The van der Waals surface area contributed by atoms with Gasteiger partial charge in [-0.1, -0.05) is 23.7 Å². The molecule has 33 heavy (non-hydrogen) atoms. The first kappa shape index (κ1) is 24.5. The number of nitrogens with zero attached hydrogens (tertiary/aromatic N) is 1. The van der Waals surface area contributed by atoms with Gasteiger partial charge in [0.05, 0.1) is 15.5 Å². The van der Waals surface area contributed by atoms with Gasteiger partial charge in [0, 0.05) is 24.2 Å². The number of benzene rings is 2. The molecule has 1 heterocycles. The van der Waals surface area contributed by atoms with E-state index < -0.39 is 33.0 Å². The molecule has 0 atom stereocenters. The average molecular weight is 499 g/mol. The highest BCUT2D eigenvalue weighted by molar-refractivity contribution is 7.90. The molecule has 0 fully saturated rings. The van der Waals surface area contributed by atoms with Crippen molar-refractivity contribution in [2.24, 2.45) is 0 Å². The average Bonchev–Trinajstić information content (AvgIpc) is 2.71. The van der Waals surface area contributed by atoms with Gasteiger partial charge in [-0.3, -0.25) is 14.2 Å². The van der Waals surface area contributed by atoms with Crippen molar-refractivity contribution in [3.05, 3.63) is 92.4 Å². The molecule has 1 N–H and O–H groups in total. The second kappa shape index (κ2) is 9.03. The van der Waals surface area contributed by atoms with E-state index in [0.717, 1.165) is 23.0 Å². The zero-order chi connectivity index (χ0) is 24.6. The Balaban J connectivity index is 1.89. The molecule has 0 aliphatic heterocycles. The topological polar surface area (TPSA) is 85.2 Å². The minimum absolute atomic E-state index is 0.00788. The van der Waals surface area contributed by atoms with E-state index in [-0.39, 0.29) is 27.7 Å². The molecule has 174 valence electrons. The Hall–Kier alpha value is -3.11. The minimum atomic E-state index is -4.59. The number of nitrogens with one attached hydrogen (secondary N) is 1. The van der Waals surface area contributed by atoms with Gasteiger partial charge in [-0.15, -0.1) is 0 Å². The molecule has 0 radical (unpaired) electrons. The summed E-state index contributed by atoms with van der Waals surface area (Å²) in [6.07, 6.45) is -3.57. The van der Waals surface area contributed by atoms with Gasteiger partial charge in [0.2, 0.25) is 0 Å². The number of carbonyl (C=O) groups excluding carboxylic acids is 1. The summed E-state index contributed by atoms with van der Waals surface area (Å²) in [5.41, 5.74) is -1.15. The number of amides is 1. The molecule has 0 spiro atoms. The molecule has 0 saturated heterocycles. The Morgan fingerprint density at radius 3 is 2.39 bits per heavy atom. The van der Waals surface area contributed by atoms with Crippen molar-refractivity contribution in [2.45, 2.75) is 24.5 Å². The Kier molecular flexibility index (Phi) is 6.71. The number of alkyl halides is 3. The van der Waals surface area contributed by atoms with Gasteiger partial charge in [0.15, 0.2) is 9.84 Å². The number of carbonyl (C=O) groups is 1. The first-order chi connectivity index (χ1) is 15.3. The zero-order valence-corrected chi connectivity index (χ0v) is 19.0. The summed E-state index contributed by atoms with van der Waals surface area (Å²) in [6, 6.07) is 11.2. The Morgan fingerprint density at radius 1 is 1.09 bits per heavy atom. The predicted octanol–water partition coefficient (Wildman–Crippen LogP) is 4.15. The number of pyridine rings is 1. The van der Waals surface area contributed by atoms with Crippen molar-refractivity contribution in [3.8, 4) is 5.69 Å². The monoisotopic (exact) mass is 498 g/mol. The lowest BCUT2D eigenvalue weighted by Gasteiger charge is -2.14. The molecule has 1 aromatic heterocycles. The van der Waals surface area contributed by atoms with Crippen molar-refractivity contribution < 1.29 is 26.4 Å². The van der Waals surface area contributed by atoms with E-state index in [9.17, 15) is 31.2 Å². The third-order valence-corrected chi connectivity index (χ3v) is 6.38. The van der Waals surface area contributed by atoms with Gasteiger partial charge >= 0.3 is 6.18 Å². The van der Waals surface area contributed by atoms with Crippen molar-refractivity contribution in [1.82, 2.24) is 9.88 Å². The number of halogens is 4. The first-order valence-corrected chi connectivity index (χ1v) is 11.7. The van der Waals surface area contributed by atoms with Crippen LogP contribution in [0.15, 0.2) is 64.3 Å². The number of sulfone groups is 1. The van der Waals surface area contributed by atoms with Crippen LogP contribution in [0.25, 0.3) is 5.69 Å². The fraction of sp³-hybridized carbons (Fsp3) is 0.182. The van der Waals surface area contributed by atoms with Crippen LogP contribution in [-0.2, 0) is 22.6 Å². The molecule has 0 aliphatic carbocycles. The van der Waals surface area contributed by atoms with Gasteiger partial charge in [0.25, 0.3) is 11.5 Å². The first-order valence-electron chi connectivity index (χ1n) is 9.46. The van der Waals surface area contributed by atoms with E-state index in [1.807, 2.05) is 0 Å². The molecular weight excluding hydrogens is 481 g/mol. The molecule has 2 aromatic carbocycles. The van der Waals surface area contributed by atoms with E-state index in [1.165, 1.54) is 49.4 Å². The number of aromatic nitrogens is 1. The number of rotatable bonds is 5. The molecule has 6 nitrogen and oxygen atoms in total. The van der Waals surface area contributed by atoms with E-state index >= 15 is 0 Å². The summed E-state index contributed by atoms with van der Waals surface area (Å²) in [6.45, 7) is 1.48. The summed E-state index contributed by atoms with van der Waals surface area (Å²) in [7, 11) is -3.51. The van der Waals surface area contributed by atoms with Crippen molar-refractivity contribution in [1.29, 1.82) is 0 Å². The molecule has 0 aliphatic rings. The van der Waals surface area contributed by atoms with Crippen LogP contribution >= 0.6 is 11.6 Å². The van der Waals surface area contributed by atoms with Crippen molar-refractivity contribution in [3.63, 3.8) is 0 Å². The fourth-order valence-electron chi connectivity index (χ4n) is 3.18. The molecule has 1 amide bonds. The van der Waals surface area contributed by atoms with E-state index in [1.54, 1.807) is 0 Å². The van der Waals surface area contributed by atoms with Crippen LogP contribution in [0, 0.1) is 6.92 Å². The van der Waals surface area contributed by atoms with Gasteiger partial charge in [0.1, 0.15) is 5.56 Å². The normalized spacial score (nSPS) is 11.9. The van der Waals surface area contributed by atoms with Crippen LogP contribution in [0.3, 0.4) is 0 Å². The minimum Gasteiger partial charge on any atom is -0.348 e. The van der Waals surface area contributed by atoms with Gasteiger partial charge in [-0.25, -0.2) is 8.42 Å². The summed E-state index contributed by atoms with van der Waals surface area (Å²) in [5.74, 6) is -0.746. The fourth-order valence-corrected chi connectivity index (χ4v) is 4.53. The smallest absolute Gasteiger partial charge is 0.348 e. The van der Waals surface area contributed by atoms with Crippen LogP contribution in [0.5, 0.6) is 0 Å². The van der Waals surface area contributed by atoms with Crippen molar-refractivity contribution in [2.75, 3.05) is 6.26 Å². The van der Waals surface area contributed by atoms with Crippen LogP contribution in [0.2, 0.25) is 5.02 Å². The Bertz CT molecular complexity index is 1400. The summed E-state index contributed by atoms with van der Waals surface area (Å²) in [5, 5.41) is 2.53. The largest absolute Gasteiger partial charge is 0.416 e. The standard InChI is InChI=1S/C22H18ClF3N2O4S/c1-13-6-8-17(21(30)28(13)16-5-3-4-15(11-16)22(24,25)26)20(29)27-12-14-7-9-19(18(23)10-14)33(2,31)32/h3-11H,12H2,1-2H3,(H,27,29). The van der Waals surface area contributed by atoms with Crippen LogP contribution in [0.1, 0.15) is 27.2 Å². The number of hydrogen-bond donors (Lipinski definition) is 1. The Labute approximate surface area is 192 Å². The number of aryl methyl sites for hydroxylation is 1. The van der Waals surface area contributed by atoms with Crippen LogP contribution in [-0.4, -0.2) is 25.1 Å². The van der Waals surface area contributed by atoms with Crippen LogP contribution in [0.4, 0.5) is 13.2 Å². The van der Waals surface area contributed by atoms with Gasteiger partial charge < -0.3 is 5.32 Å². The summed E-state index contributed by atoms with van der Waals surface area (Å²) >= 11 is 6.00. The van der Waals surface area contributed by atoms with E-state index in [4.69, 9.17) is 11.6 Å². The zero-order valence-electron chi connectivity index (χ0n) is 17.4. The molecule has 0 saturated carbocycles. The quantitative estimate of drug-likeness (QED) is 0.572. The van der Waals surface area contributed by atoms with E-state index in [2.05, 4.69) is 5.32 Å². The Morgan fingerprint density at radius 2 is 1.79 bits per heavy atom.